The Hall–Kier alpha value is -7.57. The predicted molar refractivity (Wildman–Crippen MR) is 258 cm³/mol. The molecule has 4 rings (SSSR count). The van der Waals surface area contributed by atoms with Crippen LogP contribution in [-0.4, -0.2) is 157 Å². The van der Waals surface area contributed by atoms with Gasteiger partial charge in [0.25, 0.3) is 0 Å². The van der Waals surface area contributed by atoms with Gasteiger partial charge in [0, 0.05) is 56.1 Å². The second-order valence-electron chi connectivity index (χ2n) is 17.8. The number of aromatic nitrogens is 4. The SMILES string of the molecule is CC[C@H](C)[C@H](NC(=O)[C@@H]1CCCN1C(=O)[C@H](Cc1cnc[nH]1)NC(=O)[C@H](Cc1cnc[nH]1)NC(=O)[C@H](Cc1ccc(O)cc1)NC(=O)[C@@H](NC(=O)[C@H](CCCN=C(N)N)NC(=O)CNC)C(C)C)C(=O)O. The van der Waals surface area contributed by atoms with E-state index in [9.17, 15) is 48.6 Å². The molecule has 1 fully saturated rings. The Bertz CT molecular complexity index is 2270. The summed E-state index contributed by atoms with van der Waals surface area (Å²) in [6, 6.07) is -2.79. The number of imidazole rings is 2. The zero-order valence-electron chi connectivity index (χ0n) is 40.7. The molecule has 7 amide bonds. The molecule has 388 valence electrons. The number of amides is 7. The summed E-state index contributed by atoms with van der Waals surface area (Å²) in [5, 5.41) is 38.8. The van der Waals surface area contributed by atoms with Gasteiger partial charge in [-0.3, -0.25) is 38.6 Å². The number of likely N-dealkylation sites (tertiary alicyclic amines) is 1. The van der Waals surface area contributed by atoms with Crippen LogP contribution in [0.15, 0.2) is 54.3 Å². The second-order valence-corrected chi connectivity index (χ2v) is 17.8. The van der Waals surface area contributed by atoms with E-state index < -0.39 is 101 Å². The molecule has 0 spiro atoms. The van der Waals surface area contributed by atoms with Gasteiger partial charge in [0.15, 0.2) is 5.96 Å². The Labute approximate surface area is 411 Å². The first-order chi connectivity index (χ1) is 33.8. The number of likely N-dealkylation sites (N-methyl/N-ethyl adjacent to an activating group) is 1. The number of benzene rings is 1. The number of hydrogen-bond acceptors (Lipinski definition) is 13. The number of rotatable bonds is 28. The number of hydrogen-bond donors (Lipinski definition) is 13. The van der Waals surface area contributed by atoms with Gasteiger partial charge >= 0.3 is 5.97 Å². The average molecular weight is 992 g/mol. The summed E-state index contributed by atoms with van der Waals surface area (Å²) >= 11 is 0. The van der Waals surface area contributed by atoms with Crippen molar-refractivity contribution < 1.29 is 48.6 Å². The minimum Gasteiger partial charge on any atom is -0.508 e. The van der Waals surface area contributed by atoms with Gasteiger partial charge in [0.2, 0.25) is 41.4 Å². The number of carboxylic acids is 1. The zero-order chi connectivity index (χ0) is 52.2. The Morgan fingerprint density at radius 1 is 0.775 bits per heavy atom. The van der Waals surface area contributed by atoms with E-state index in [-0.39, 0.29) is 63.4 Å². The maximum atomic E-state index is 14.6. The first kappa shape index (κ1) is 56.0. The number of aromatic hydroxyl groups is 1. The second kappa shape index (κ2) is 27.6. The first-order valence-corrected chi connectivity index (χ1v) is 23.6. The Balaban J connectivity index is 1.62. The lowest BCUT2D eigenvalue weighted by Crippen LogP contribution is -2.61. The largest absolute Gasteiger partial charge is 0.508 e. The van der Waals surface area contributed by atoms with Gasteiger partial charge in [-0.15, -0.1) is 0 Å². The molecule has 0 bridgehead atoms. The van der Waals surface area contributed by atoms with E-state index in [2.05, 4.69) is 62.1 Å². The monoisotopic (exact) mass is 992 g/mol. The number of nitrogens with two attached hydrogens (primary N) is 2. The first-order valence-electron chi connectivity index (χ1n) is 23.6. The van der Waals surface area contributed by atoms with Crippen molar-refractivity contribution in [2.24, 2.45) is 28.3 Å². The maximum absolute atomic E-state index is 14.6. The van der Waals surface area contributed by atoms with Gasteiger partial charge < -0.3 is 73.8 Å². The fourth-order valence-electron chi connectivity index (χ4n) is 7.93. The van der Waals surface area contributed by atoms with Crippen LogP contribution in [0.1, 0.15) is 76.8 Å². The summed E-state index contributed by atoms with van der Waals surface area (Å²) in [6.45, 7) is 7.07. The van der Waals surface area contributed by atoms with Crippen LogP contribution in [0.4, 0.5) is 0 Å². The van der Waals surface area contributed by atoms with Gasteiger partial charge in [0.05, 0.1) is 19.2 Å². The molecule has 1 aliphatic heterocycles. The van der Waals surface area contributed by atoms with Crippen molar-refractivity contribution in [3.63, 3.8) is 0 Å². The molecule has 0 unspecified atom stereocenters. The highest BCUT2D eigenvalue weighted by atomic mass is 16.4. The molecule has 2 aromatic heterocycles. The molecular weight excluding hydrogens is 923 g/mol. The number of carboxylic acid groups (broad SMARTS) is 1. The molecule has 25 heteroatoms. The van der Waals surface area contributed by atoms with E-state index >= 15 is 0 Å². The summed E-state index contributed by atoms with van der Waals surface area (Å²) in [4.78, 5) is 129. The lowest BCUT2D eigenvalue weighted by molar-refractivity contribution is -0.146. The van der Waals surface area contributed by atoms with Crippen LogP contribution in [0.2, 0.25) is 0 Å². The lowest BCUT2D eigenvalue weighted by atomic mass is 9.98. The van der Waals surface area contributed by atoms with E-state index in [0.717, 1.165) is 0 Å². The highest BCUT2D eigenvalue weighted by Crippen LogP contribution is 2.21. The van der Waals surface area contributed by atoms with E-state index in [1.54, 1.807) is 46.9 Å². The van der Waals surface area contributed by atoms with Crippen LogP contribution in [0.3, 0.4) is 0 Å². The van der Waals surface area contributed by atoms with Gasteiger partial charge in [-0.25, -0.2) is 14.8 Å². The van der Waals surface area contributed by atoms with E-state index in [4.69, 9.17) is 11.5 Å². The summed E-state index contributed by atoms with van der Waals surface area (Å²) in [6.07, 6.45) is 6.82. The zero-order valence-corrected chi connectivity index (χ0v) is 40.7. The number of aliphatic imine (C=N–C) groups is 1. The normalized spacial score (nSPS) is 16.3. The van der Waals surface area contributed by atoms with Gasteiger partial charge in [0.1, 0.15) is 48.0 Å². The molecule has 8 atom stereocenters. The van der Waals surface area contributed by atoms with E-state index in [1.807, 2.05) is 0 Å². The summed E-state index contributed by atoms with van der Waals surface area (Å²) < 4.78 is 0. The molecule has 15 N–H and O–H groups in total. The topological polar surface area (TPSA) is 386 Å². The molecule has 1 aromatic carbocycles. The van der Waals surface area contributed by atoms with Gasteiger partial charge in [-0.2, -0.15) is 0 Å². The number of carbonyl (C=O) groups is 8. The van der Waals surface area contributed by atoms with Crippen molar-refractivity contribution in [3.05, 3.63) is 66.3 Å². The number of nitrogens with zero attached hydrogens (tertiary/aromatic N) is 4. The number of phenols is 1. The standard InChI is InChI=1S/C46H69N15O10/c1-6-26(4)38(45(70)71)60-42(67)35-10-8-16-61(35)44(69)34(19-29-21-51-24-54-29)58-41(66)33(18-28-20-50-23-53-28)56-40(65)32(17-27-11-13-30(62)14-12-27)57-43(68)37(25(2)3)59-39(64)31(55-36(63)22-49-5)9-7-15-52-46(47)48/h11-14,20-21,23-26,31-35,37-38,49,62H,6-10,15-19,22H2,1-5H3,(H,50,53)(H,51,54)(H,55,63)(H,56,65)(H,57,68)(H,58,66)(H,59,64)(H,60,67)(H,70,71)(H4,47,48,52)/t26-,31-,32-,33-,34-,35-,37-,38-/m0/s1. The lowest BCUT2D eigenvalue weighted by Gasteiger charge is -2.31. The minimum atomic E-state index is -1.41. The number of aliphatic carboxylic acids is 1. The number of aromatic amines is 2. The number of phenolic OH excluding ortho intramolecular Hbond substituents is 1. The Morgan fingerprint density at radius 2 is 1.35 bits per heavy atom. The summed E-state index contributed by atoms with van der Waals surface area (Å²) in [5.41, 5.74) is 12.3. The number of H-pyrrole nitrogens is 2. The molecule has 25 nitrogen and oxygen atoms in total. The molecular formula is C46H69N15O10. The van der Waals surface area contributed by atoms with Crippen molar-refractivity contribution in [2.75, 3.05) is 26.7 Å². The van der Waals surface area contributed by atoms with Crippen molar-refractivity contribution in [3.8, 4) is 5.75 Å². The molecule has 0 saturated carbocycles. The Morgan fingerprint density at radius 3 is 1.90 bits per heavy atom. The third-order valence-electron chi connectivity index (χ3n) is 12.0. The molecule has 0 aliphatic carbocycles. The predicted octanol–water partition coefficient (Wildman–Crippen LogP) is -2.17. The van der Waals surface area contributed by atoms with Gasteiger partial charge in [-0.05, 0) is 62.3 Å². The molecule has 71 heavy (non-hydrogen) atoms. The molecule has 1 saturated heterocycles. The van der Waals surface area contributed by atoms with Crippen molar-refractivity contribution in [2.45, 2.75) is 121 Å². The third-order valence-corrected chi connectivity index (χ3v) is 12.0. The molecule has 3 heterocycles. The summed E-state index contributed by atoms with van der Waals surface area (Å²) in [7, 11) is 1.56. The summed E-state index contributed by atoms with van der Waals surface area (Å²) in [5.74, 6) is -7.21. The van der Waals surface area contributed by atoms with Gasteiger partial charge in [-0.1, -0.05) is 46.2 Å². The highest BCUT2D eigenvalue weighted by molar-refractivity contribution is 5.98. The van der Waals surface area contributed by atoms with Crippen LogP contribution in [0.25, 0.3) is 0 Å². The maximum Gasteiger partial charge on any atom is 0.326 e. The Kier molecular flexibility index (Phi) is 21.8. The van der Waals surface area contributed by atoms with Crippen LogP contribution >= 0.6 is 0 Å². The minimum absolute atomic E-state index is 0.0528. The van der Waals surface area contributed by atoms with E-state index in [0.29, 0.717) is 36.2 Å². The van der Waals surface area contributed by atoms with E-state index in [1.165, 1.54) is 42.1 Å². The fraction of sp³-hybridized carbons (Fsp3) is 0.543. The highest BCUT2D eigenvalue weighted by Gasteiger charge is 2.41. The number of carbonyl (C=O) groups excluding carboxylic acids is 7. The van der Waals surface area contributed by atoms with Crippen molar-refractivity contribution in [1.82, 2.24) is 62.1 Å². The van der Waals surface area contributed by atoms with Crippen molar-refractivity contribution in [1.29, 1.82) is 0 Å². The van der Waals surface area contributed by atoms with Crippen LogP contribution in [0.5, 0.6) is 5.75 Å². The number of guanidine groups is 1. The average Bonchev–Trinajstić information content (AvgIpc) is 4.15. The number of nitrogens with one attached hydrogen (secondary N) is 9. The quantitative estimate of drug-likeness (QED) is 0.0209. The van der Waals surface area contributed by atoms with Crippen LogP contribution in [-0.2, 0) is 57.6 Å². The molecule has 3 aromatic rings. The third kappa shape index (κ3) is 17.4. The van der Waals surface area contributed by atoms with Crippen LogP contribution < -0.4 is 48.7 Å². The smallest absolute Gasteiger partial charge is 0.326 e. The van der Waals surface area contributed by atoms with Crippen molar-refractivity contribution >= 4 is 53.3 Å². The fourth-order valence-corrected chi connectivity index (χ4v) is 7.93. The molecule has 1 aliphatic rings. The van der Waals surface area contributed by atoms with Crippen LogP contribution in [0, 0.1) is 11.8 Å². The molecule has 0 radical (unpaired) electrons.